The molecule has 0 aliphatic heterocycles. The van der Waals surface area contributed by atoms with Crippen LogP contribution >= 0.6 is 10.7 Å². The van der Waals surface area contributed by atoms with Crippen molar-refractivity contribution in [2.75, 3.05) is 20.5 Å². The highest BCUT2D eigenvalue weighted by Crippen LogP contribution is 2.40. The van der Waals surface area contributed by atoms with Crippen LogP contribution in [0.25, 0.3) is 0 Å². The van der Waals surface area contributed by atoms with Gasteiger partial charge in [0, 0.05) is 22.5 Å². The minimum atomic E-state index is -3.98. The number of sulfone groups is 1. The van der Waals surface area contributed by atoms with Gasteiger partial charge < -0.3 is 9.47 Å². The van der Waals surface area contributed by atoms with Gasteiger partial charge in [0.2, 0.25) is 9.05 Å². The van der Waals surface area contributed by atoms with E-state index in [0.29, 0.717) is 0 Å². The molecule has 0 N–H and O–H groups in total. The second-order valence-corrected chi connectivity index (χ2v) is 8.60. The van der Waals surface area contributed by atoms with Crippen molar-refractivity contribution in [3.05, 3.63) is 17.4 Å². The Bertz CT molecular complexity index is 727. The average molecular weight is 347 g/mol. The van der Waals surface area contributed by atoms with Crippen LogP contribution < -0.4 is 9.47 Å². The number of benzene rings is 1. The SMILES string of the molecule is COc1c(CS(=O)(=O)Cl)cc(F)c(S(C)(=O)=O)c1OC. The van der Waals surface area contributed by atoms with E-state index in [1.807, 2.05) is 0 Å². The average Bonchev–Trinajstić information content (AvgIpc) is 2.23. The van der Waals surface area contributed by atoms with E-state index in [9.17, 15) is 21.2 Å². The Balaban J connectivity index is 3.74. The molecule has 1 aromatic carbocycles. The van der Waals surface area contributed by atoms with Crippen molar-refractivity contribution in [3.8, 4) is 11.5 Å². The van der Waals surface area contributed by atoms with Gasteiger partial charge in [0.05, 0.1) is 20.0 Å². The molecule has 0 fully saturated rings. The van der Waals surface area contributed by atoms with Crippen molar-refractivity contribution < 1.29 is 30.7 Å². The summed E-state index contributed by atoms with van der Waals surface area (Å²) in [5.41, 5.74) is -0.135. The number of hydrogen-bond acceptors (Lipinski definition) is 6. The number of methoxy groups -OCH3 is 2. The first-order valence-corrected chi connectivity index (χ1v) is 9.44. The van der Waals surface area contributed by atoms with Crippen molar-refractivity contribution in [2.24, 2.45) is 0 Å². The van der Waals surface area contributed by atoms with Crippen LogP contribution in [0.2, 0.25) is 0 Å². The molecule has 0 bridgehead atoms. The van der Waals surface area contributed by atoms with Gasteiger partial charge in [-0.2, -0.15) is 0 Å². The lowest BCUT2D eigenvalue weighted by atomic mass is 10.2. The smallest absolute Gasteiger partial charge is 0.236 e. The summed E-state index contributed by atoms with van der Waals surface area (Å²) in [6.45, 7) is 0. The van der Waals surface area contributed by atoms with Crippen molar-refractivity contribution in [3.63, 3.8) is 0 Å². The molecule has 0 radical (unpaired) electrons. The number of halogens is 2. The molecule has 0 saturated carbocycles. The van der Waals surface area contributed by atoms with Crippen molar-refractivity contribution in [1.82, 2.24) is 0 Å². The fourth-order valence-corrected chi connectivity index (χ4v) is 3.55. The lowest BCUT2D eigenvalue weighted by Crippen LogP contribution is -2.09. The van der Waals surface area contributed by atoms with Gasteiger partial charge in [-0.3, -0.25) is 0 Å². The van der Waals surface area contributed by atoms with Crippen molar-refractivity contribution in [2.45, 2.75) is 10.6 Å². The molecule has 0 heterocycles. The third-order valence-corrected chi connectivity index (χ3v) is 4.43. The minimum Gasteiger partial charge on any atom is -0.492 e. The predicted octanol–water partition coefficient (Wildman–Crippen LogP) is 1.31. The fourth-order valence-electron chi connectivity index (χ4n) is 1.69. The van der Waals surface area contributed by atoms with Crippen molar-refractivity contribution >= 4 is 29.6 Å². The maximum atomic E-state index is 13.9. The van der Waals surface area contributed by atoms with Gasteiger partial charge in [-0.1, -0.05) is 0 Å². The van der Waals surface area contributed by atoms with Gasteiger partial charge in [0.15, 0.2) is 21.3 Å². The van der Waals surface area contributed by atoms with Gasteiger partial charge in [-0.25, -0.2) is 21.2 Å². The highest BCUT2D eigenvalue weighted by molar-refractivity contribution is 8.13. The number of rotatable bonds is 5. The van der Waals surface area contributed by atoms with Crippen LogP contribution in [-0.2, 0) is 24.6 Å². The summed E-state index contributed by atoms with van der Waals surface area (Å²) in [4.78, 5) is -0.701. The summed E-state index contributed by atoms with van der Waals surface area (Å²) in [6.07, 6.45) is 0.797. The molecule has 0 aromatic heterocycles. The van der Waals surface area contributed by atoms with Crippen LogP contribution in [0.4, 0.5) is 4.39 Å². The Kier molecular flexibility index (Phi) is 4.88. The van der Waals surface area contributed by atoms with E-state index < -0.39 is 41.1 Å². The second-order valence-electron chi connectivity index (χ2n) is 3.87. The quantitative estimate of drug-likeness (QED) is 0.747. The van der Waals surface area contributed by atoms with Gasteiger partial charge in [-0.15, -0.1) is 0 Å². The molecule has 114 valence electrons. The highest BCUT2D eigenvalue weighted by atomic mass is 35.7. The van der Waals surface area contributed by atoms with Gasteiger partial charge in [0.25, 0.3) is 0 Å². The summed E-state index contributed by atoms with van der Waals surface area (Å²) in [6, 6.07) is 0.748. The maximum Gasteiger partial charge on any atom is 0.236 e. The zero-order valence-corrected chi connectivity index (χ0v) is 13.2. The second kappa shape index (κ2) is 5.74. The largest absolute Gasteiger partial charge is 0.492 e. The first-order valence-electron chi connectivity index (χ1n) is 5.07. The molecular weight excluding hydrogens is 335 g/mol. The maximum absolute atomic E-state index is 13.9. The predicted molar refractivity (Wildman–Crippen MR) is 71.1 cm³/mol. The molecule has 0 saturated heterocycles. The van der Waals surface area contributed by atoms with E-state index in [0.717, 1.165) is 19.4 Å². The highest BCUT2D eigenvalue weighted by Gasteiger charge is 2.28. The molecule has 1 aromatic rings. The third kappa shape index (κ3) is 3.74. The van der Waals surface area contributed by atoms with Crippen LogP contribution in [0.5, 0.6) is 11.5 Å². The molecule has 0 aliphatic rings. The summed E-state index contributed by atoms with van der Waals surface area (Å²) < 4.78 is 69.0. The minimum absolute atomic E-state index is 0.135. The van der Waals surface area contributed by atoms with Crippen LogP contribution in [-0.4, -0.2) is 37.3 Å². The first kappa shape index (κ1) is 17.0. The molecule has 20 heavy (non-hydrogen) atoms. The summed E-state index contributed by atoms with van der Waals surface area (Å²) in [7, 11) is -0.513. The van der Waals surface area contributed by atoms with Crippen LogP contribution in [0.15, 0.2) is 11.0 Å². The Morgan fingerprint density at radius 2 is 1.65 bits per heavy atom. The van der Waals surface area contributed by atoms with E-state index in [1.54, 1.807) is 0 Å². The zero-order valence-electron chi connectivity index (χ0n) is 10.8. The molecule has 0 aliphatic carbocycles. The molecule has 0 atom stereocenters. The van der Waals surface area contributed by atoms with Crippen LogP contribution in [0.3, 0.4) is 0 Å². The summed E-state index contributed by atoms with van der Waals surface area (Å²) >= 11 is 0. The van der Waals surface area contributed by atoms with E-state index in [1.165, 1.54) is 7.11 Å². The van der Waals surface area contributed by atoms with Crippen molar-refractivity contribution in [1.29, 1.82) is 0 Å². The molecule has 0 unspecified atom stereocenters. The van der Waals surface area contributed by atoms with E-state index in [4.69, 9.17) is 20.2 Å². The molecule has 0 amide bonds. The lowest BCUT2D eigenvalue weighted by Gasteiger charge is -2.15. The summed E-state index contributed by atoms with van der Waals surface area (Å²) in [5.74, 6) is -2.46. The van der Waals surface area contributed by atoms with E-state index in [-0.39, 0.29) is 11.3 Å². The van der Waals surface area contributed by atoms with E-state index >= 15 is 0 Å². The Hall–Kier alpha value is -1.06. The number of hydrogen-bond donors (Lipinski definition) is 0. The zero-order chi connectivity index (χ0) is 15.7. The normalized spacial score (nSPS) is 12.2. The third-order valence-electron chi connectivity index (χ3n) is 2.33. The standard InChI is InChI=1S/C10H12ClFO6S2/c1-17-8-6(5-20(11,15)16)4-7(12)10(9(8)18-2)19(3,13)14/h4H,5H2,1-3H3. The topological polar surface area (TPSA) is 86.7 Å². The van der Waals surface area contributed by atoms with Gasteiger partial charge in [-0.05, 0) is 6.07 Å². The Morgan fingerprint density at radius 1 is 1.15 bits per heavy atom. The molecule has 1 rings (SSSR count). The van der Waals surface area contributed by atoms with Gasteiger partial charge >= 0.3 is 0 Å². The fraction of sp³-hybridized carbons (Fsp3) is 0.400. The monoisotopic (exact) mass is 346 g/mol. The lowest BCUT2D eigenvalue weighted by molar-refractivity contribution is 0.339. The molecule has 0 spiro atoms. The number of ether oxygens (including phenoxy) is 2. The molecule has 10 heteroatoms. The molecular formula is C10H12ClFO6S2. The molecule has 6 nitrogen and oxygen atoms in total. The summed E-state index contributed by atoms with van der Waals surface area (Å²) in [5, 5.41) is 0. The van der Waals surface area contributed by atoms with Crippen LogP contribution in [0, 0.1) is 5.82 Å². The Labute approximate surface area is 120 Å². The van der Waals surface area contributed by atoms with E-state index in [2.05, 4.69) is 0 Å². The van der Waals surface area contributed by atoms with Crippen LogP contribution in [0.1, 0.15) is 5.56 Å². The van der Waals surface area contributed by atoms with Gasteiger partial charge in [0.1, 0.15) is 10.7 Å². The first-order chi connectivity index (χ1) is 9.01. The Morgan fingerprint density at radius 3 is 2.00 bits per heavy atom.